The van der Waals surface area contributed by atoms with Crippen molar-refractivity contribution in [2.45, 2.75) is 30.9 Å². The summed E-state index contributed by atoms with van der Waals surface area (Å²) in [6, 6.07) is 7.85. The summed E-state index contributed by atoms with van der Waals surface area (Å²) in [7, 11) is 0. The number of nitrogens with zero attached hydrogens (tertiary/aromatic N) is 1. The number of fused-ring (bicyclic) bond motifs is 1. The van der Waals surface area contributed by atoms with Gasteiger partial charge in [-0.15, -0.1) is 0 Å². The van der Waals surface area contributed by atoms with Gasteiger partial charge in [0.2, 0.25) is 0 Å². The number of hydrogen-bond acceptors (Lipinski definition) is 3. The van der Waals surface area contributed by atoms with E-state index < -0.39 is 0 Å². The largest absolute Gasteiger partial charge is 0.293 e. The fourth-order valence-corrected chi connectivity index (χ4v) is 3.89. The molecule has 0 bridgehead atoms. The molecule has 1 fully saturated rings. The first kappa shape index (κ1) is 12.7. The van der Waals surface area contributed by atoms with Gasteiger partial charge in [-0.3, -0.25) is 9.78 Å². The van der Waals surface area contributed by atoms with Crippen LogP contribution in [-0.2, 0) is 0 Å². The second kappa shape index (κ2) is 5.74. The van der Waals surface area contributed by atoms with Crippen molar-refractivity contribution >= 4 is 28.3 Å². The van der Waals surface area contributed by atoms with Gasteiger partial charge in [0.1, 0.15) is 0 Å². The zero-order chi connectivity index (χ0) is 13.1. The number of aromatic nitrogens is 1. The van der Waals surface area contributed by atoms with Crippen molar-refractivity contribution in [2.24, 2.45) is 0 Å². The van der Waals surface area contributed by atoms with E-state index in [0.717, 1.165) is 16.3 Å². The van der Waals surface area contributed by atoms with E-state index in [1.165, 1.54) is 25.7 Å². The van der Waals surface area contributed by atoms with Gasteiger partial charge in [-0.1, -0.05) is 31.0 Å². The fraction of sp³-hybridized carbons (Fsp3) is 0.375. The third-order valence-electron chi connectivity index (χ3n) is 3.74. The predicted octanol–water partition coefficient (Wildman–Crippen LogP) is 4.09. The molecule has 0 saturated heterocycles. The number of carbonyl (C=O) groups excluding carboxylic acids is 1. The average Bonchev–Trinajstić information content (AvgIpc) is 2.97. The van der Waals surface area contributed by atoms with Gasteiger partial charge in [0.05, 0.1) is 5.75 Å². The Kier molecular flexibility index (Phi) is 3.83. The number of rotatable bonds is 4. The summed E-state index contributed by atoms with van der Waals surface area (Å²) >= 11 is 1.83. The van der Waals surface area contributed by atoms with E-state index >= 15 is 0 Å². The van der Waals surface area contributed by atoms with Gasteiger partial charge in [0.25, 0.3) is 0 Å². The molecule has 1 aliphatic carbocycles. The molecule has 1 aromatic heterocycles. The van der Waals surface area contributed by atoms with Crippen LogP contribution in [0.1, 0.15) is 36.0 Å². The lowest BCUT2D eigenvalue weighted by Crippen LogP contribution is -2.07. The number of thioether (sulfide) groups is 1. The zero-order valence-electron chi connectivity index (χ0n) is 10.8. The number of pyridine rings is 1. The van der Waals surface area contributed by atoms with Crippen molar-refractivity contribution in [3.63, 3.8) is 0 Å². The van der Waals surface area contributed by atoms with Crippen LogP contribution in [0.2, 0.25) is 0 Å². The van der Waals surface area contributed by atoms with Crippen LogP contribution in [0.5, 0.6) is 0 Å². The van der Waals surface area contributed by atoms with Crippen molar-refractivity contribution in [2.75, 3.05) is 5.75 Å². The SMILES string of the molecule is O=C(CSC1CCCC1)c1cccc2ccncc12. The van der Waals surface area contributed by atoms with Gasteiger partial charge in [0, 0.05) is 28.6 Å². The molecule has 0 spiro atoms. The van der Waals surface area contributed by atoms with Gasteiger partial charge in [0.15, 0.2) is 5.78 Å². The molecule has 0 aliphatic heterocycles. The average molecular weight is 271 g/mol. The topological polar surface area (TPSA) is 30.0 Å². The normalized spacial score (nSPS) is 16.0. The quantitative estimate of drug-likeness (QED) is 0.784. The maximum Gasteiger partial charge on any atom is 0.173 e. The van der Waals surface area contributed by atoms with Crippen LogP contribution in [-0.4, -0.2) is 21.8 Å². The Balaban J connectivity index is 1.77. The van der Waals surface area contributed by atoms with Crippen molar-refractivity contribution < 1.29 is 4.79 Å². The molecule has 1 aromatic carbocycles. The monoisotopic (exact) mass is 271 g/mol. The van der Waals surface area contributed by atoms with Gasteiger partial charge in [-0.2, -0.15) is 11.8 Å². The molecule has 0 unspecified atom stereocenters. The molecule has 1 aliphatic rings. The van der Waals surface area contributed by atoms with Crippen molar-refractivity contribution in [3.8, 4) is 0 Å². The van der Waals surface area contributed by atoms with Crippen molar-refractivity contribution in [3.05, 3.63) is 42.2 Å². The molecule has 0 N–H and O–H groups in total. The Labute approximate surface area is 117 Å². The Morgan fingerprint density at radius 3 is 2.95 bits per heavy atom. The van der Waals surface area contributed by atoms with E-state index in [2.05, 4.69) is 4.98 Å². The zero-order valence-corrected chi connectivity index (χ0v) is 11.7. The molecule has 0 radical (unpaired) electrons. The number of carbonyl (C=O) groups is 1. The molecular formula is C16H17NOS. The molecule has 0 amide bonds. The minimum Gasteiger partial charge on any atom is -0.293 e. The van der Waals surface area contributed by atoms with E-state index in [4.69, 9.17) is 0 Å². The van der Waals surface area contributed by atoms with E-state index in [-0.39, 0.29) is 5.78 Å². The summed E-state index contributed by atoms with van der Waals surface area (Å²) in [5.41, 5.74) is 0.816. The van der Waals surface area contributed by atoms with Crippen molar-refractivity contribution in [1.29, 1.82) is 0 Å². The number of Topliss-reactive ketones (excluding diaryl/α,β-unsaturated/α-hetero) is 1. The third-order valence-corrected chi connectivity index (χ3v) is 5.11. The van der Waals surface area contributed by atoms with E-state index in [1.807, 2.05) is 36.0 Å². The third kappa shape index (κ3) is 2.81. The summed E-state index contributed by atoms with van der Waals surface area (Å²) in [5, 5.41) is 2.76. The minimum atomic E-state index is 0.232. The number of ketones is 1. The molecule has 1 heterocycles. The van der Waals surface area contributed by atoms with Crippen LogP contribution in [0, 0.1) is 0 Å². The standard InChI is InChI=1S/C16H17NOS/c18-16(11-19-13-5-1-2-6-13)14-7-3-4-12-8-9-17-10-15(12)14/h3-4,7-10,13H,1-2,5-6,11H2. The molecular weight excluding hydrogens is 254 g/mol. The van der Waals surface area contributed by atoms with Gasteiger partial charge >= 0.3 is 0 Å². The fourth-order valence-electron chi connectivity index (χ4n) is 2.68. The van der Waals surface area contributed by atoms with Gasteiger partial charge in [-0.25, -0.2) is 0 Å². The Morgan fingerprint density at radius 2 is 2.11 bits per heavy atom. The summed E-state index contributed by atoms with van der Waals surface area (Å²) in [4.78, 5) is 16.5. The van der Waals surface area contributed by atoms with E-state index in [0.29, 0.717) is 11.0 Å². The summed E-state index contributed by atoms with van der Waals surface area (Å²) in [6.45, 7) is 0. The van der Waals surface area contributed by atoms with E-state index in [9.17, 15) is 4.79 Å². The lowest BCUT2D eigenvalue weighted by molar-refractivity contribution is 0.102. The molecule has 98 valence electrons. The Hall–Kier alpha value is -1.35. The molecule has 2 nitrogen and oxygen atoms in total. The first-order valence-electron chi connectivity index (χ1n) is 6.82. The van der Waals surface area contributed by atoms with Crippen LogP contribution in [0.3, 0.4) is 0 Å². The molecule has 3 rings (SSSR count). The maximum atomic E-state index is 12.4. The van der Waals surface area contributed by atoms with Crippen molar-refractivity contribution in [1.82, 2.24) is 4.98 Å². The summed E-state index contributed by atoms with van der Waals surface area (Å²) in [5.74, 6) is 0.828. The highest BCUT2D eigenvalue weighted by Gasteiger charge is 2.18. The van der Waals surface area contributed by atoms with Crippen LogP contribution >= 0.6 is 11.8 Å². The van der Waals surface area contributed by atoms with Crippen LogP contribution < -0.4 is 0 Å². The maximum absolute atomic E-state index is 12.4. The summed E-state index contributed by atoms with van der Waals surface area (Å²) in [6.07, 6.45) is 8.75. The first-order chi connectivity index (χ1) is 9.34. The highest BCUT2D eigenvalue weighted by Crippen LogP contribution is 2.30. The lowest BCUT2D eigenvalue weighted by Gasteiger charge is -2.09. The molecule has 1 saturated carbocycles. The van der Waals surface area contributed by atoms with Gasteiger partial charge in [-0.05, 0) is 24.3 Å². The lowest BCUT2D eigenvalue weighted by atomic mass is 10.0. The minimum absolute atomic E-state index is 0.232. The Bertz CT molecular complexity index is 585. The molecule has 19 heavy (non-hydrogen) atoms. The highest BCUT2D eigenvalue weighted by molar-refractivity contribution is 8.00. The number of benzene rings is 1. The van der Waals surface area contributed by atoms with Crippen LogP contribution in [0.15, 0.2) is 36.7 Å². The number of hydrogen-bond donors (Lipinski definition) is 0. The Morgan fingerprint density at radius 1 is 1.26 bits per heavy atom. The molecule has 2 aromatic rings. The second-order valence-electron chi connectivity index (χ2n) is 5.04. The predicted molar refractivity (Wildman–Crippen MR) is 80.8 cm³/mol. The smallest absolute Gasteiger partial charge is 0.173 e. The first-order valence-corrected chi connectivity index (χ1v) is 7.87. The summed E-state index contributed by atoms with van der Waals surface area (Å²) < 4.78 is 0. The van der Waals surface area contributed by atoms with Gasteiger partial charge < -0.3 is 0 Å². The molecule has 0 atom stereocenters. The van der Waals surface area contributed by atoms with Crippen LogP contribution in [0.25, 0.3) is 10.8 Å². The second-order valence-corrected chi connectivity index (χ2v) is 6.33. The molecule has 3 heteroatoms. The van der Waals surface area contributed by atoms with E-state index in [1.54, 1.807) is 12.4 Å². The highest BCUT2D eigenvalue weighted by atomic mass is 32.2. The van der Waals surface area contributed by atoms with Crippen LogP contribution in [0.4, 0.5) is 0 Å².